The third kappa shape index (κ3) is 3.36. The second-order valence-electron chi connectivity index (χ2n) is 4.92. The van der Waals surface area contributed by atoms with Crippen molar-refractivity contribution in [1.29, 1.82) is 0 Å². The van der Waals surface area contributed by atoms with Gasteiger partial charge in [-0.2, -0.15) is 0 Å². The normalized spacial score (nSPS) is 13.8. The number of halogens is 1. The van der Waals surface area contributed by atoms with Crippen LogP contribution in [-0.4, -0.2) is 6.04 Å². The van der Waals surface area contributed by atoms with Gasteiger partial charge in [-0.1, -0.05) is 37.3 Å². The predicted molar refractivity (Wildman–Crippen MR) is 79.2 cm³/mol. The maximum Gasteiger partial charge on any atom is 0.141 e. The molecule has 0 saturated carbocycles. The van der Waals surface area contributed by atoms with Gasteiger partial charge in [0.05, 0.1) is 0 Å². The maximum absolute atomic E-state index is 13.9. The van der Waals surface area contributed by atoms with Crippen molar-refractivity contribution in [1.82, 2.24) is 0 Å². The summed E-state index contributed by atoms with van der Waals surface area (Å²) in [6.45, 7) is 3.90. The van der Waals surface area contributed by atoms with Gasteiger partial charge < -0.3 is 10.5 Å². The van der Waals surface area contributed by atoms with Crippen LogP contribution in [0.25, 0.3) is 0 Å². The van der Waals surface area contributed by atoms with Crippen LogP contribution in [0, 0.1) is 5.82 Å². The van der Waals surface area contributed by atoms with Crippen LogP contribution in [0.15, 0.2) is 48.5 Å². The second-order valence-corrected chi connectivity index (χ2v) is 4.92. The number of aryl methyl sites for hydroxylation is 1. The standard InChI is InChI=1S/C17H20FNO/c1-3-13-7-6-8-14(11-13)20-17(12(2)19)15-9-4-5-10-16(15)18/h4-12,17H,3,19H2,1-2H3. The van der Waals surface area contributed by atoms with Crippen molar-refractivity contribution in [2.75, 3.05) is 0 Å². The lowest BCUT2D eigenvalue weighted by Crippen LogP contribution is -2.29. The van der Waals surface area contributed by atoms with Crippen LogP contribution in [0.5, 0.6) is 5.75 Å². The van der Waals surface area contributed by atoms with Crippen LogP contribution >= 0.6 is 0 Å². The highest BCUT2D eigenvalue weighted by Gasteiger charge is 2.21. The van der Waals surface area contributed by atoms with E-state index in [1.807, 2.05) is 31.2 Å². The van der Waals surface area contributed by atoms with Crippen molar-refractivity contribution in [3.05, 3.63) is 65.5 Å². The average Bonchev–Trinajstić information content (AvgIpc) is 2.45. The molecule has 0 aromatic heterocycles. The largest absolute Gasteiger partial charge is 0.484 e. The molecule has 0 amide bonds. The molecule has 0 heterocycles. The molecule has 106 valence electrons. The zero-order valence-corrected chi connectivity index (χ0v) is 11.8. The molecule has 0 radical (unpaired) electrons. The van der Waals surface area contributed by atoms with Gasteiger partial charge in [0, 0.05) is 11.6 Å². The predicted octanol–water partition coefficient (Wildman–Crippen LogP) is 3.86. The average molecular weight is 273 g/mol. The first-order chi connectivity index (χ1) is 9.61. The van der Waals surface area contributed by atoms with Gasteiger partial charge in [-0.25, -0.2) is 4.39 Å². The fourth-order valence-electron chi connectivity index (χ4n) is 2.15. The molecule has 0 aliphatic heterocycles. The zero-order chi connectivity index (χ0) is 14.5. The minimum absolute atomic E-state index is 0.290. The summed E-state index contributed by atoms with van der Waals surface area (Å²) in [5.41, 5.74) is 7.63. The highest BCUT2D eigenvalue weighted by molar-refractivity contribution is 5.30. The molecule has 2 aromatic carbocycles. The quantitative estimate of drug-likeness (QED) is 0.898. The first-order valence-electron chi connectivity index (χ1n) is 6.87. The van der Waals surface area contributed by atoms with Crippen LogP contribution in [0.2, 0.25) is 0 Å². The third-order valence-corrected chi connectivity index (χ3v) is 3.26. The summed E-state index contributed by atoms with van der Waals surface area (Å²) in [5.74, 6) is 0.427. The Morgan fingerprint density at radius 2 is 1.90 bits per heavy atom. The minimum Gasteiger partial charge on any atom is -0.484 e. The molecule has 0 aliphatic rings. The van der Waals surface area contributed by atoms with E-state index in [9.17, 15) is 4.39 Å². The van der Waals surface area contributed by atoms with E-state index in [-0.39, 0.29) is 11.9 Å². The molecule has 2 unspecified atom stereocenters. The molecule has 3 heteroatoms. The summed E-state index contributed by atoms with van der Waals surface area (Å²) >= 11 is 0. The fourth-order valence-corrected chi connectivity index (χ4v) is 2.15. The van der Waals surface area contributed by atoms with Crippen molar-refractivity contribution in [3.8, 4) is 5.75 Å². The Morgan fingerprint density at radius 3 is 2.55 bits per heavy atom. The highest BCUT2D eigenvalue weighted by Crippen LogP contribution is 2.26. The molecule has 0 aliphatic carbocycles. The highest BCUT2D eigenvalue weighted by atomic mass is 19.1. The molecular formula is C17H20FNO. The molecule has 2 N–H and O–H groups in total. The van der Waals surface area contributed by atoms with E-state index in [0.717, 1.165) is 12.2 Å². The van der Waals surface area contributed by atoms with Crippen LogP contribution in [0.1, 0.15) is 31.1 Å². The van der Waals surface area contributed by atoms with E-state index in [4.69, 9.17) is 10.5 Å². The van der Waals surface area contributed by atoms with Gasteiger partial charge in [-0.05, 0) is 37.1 Å². The Kier molecular flexibility index (Phi) is 4.74. The van der Waals surface area contributed by atoms with Crippen molar-refractivity contribution < 1.29 is 9.13 Å². The Labute approximate surface area is 119 Å². The monoisotopic (exact) mass is 273 g/mol. The SMILES string of the molecule is CCc1cccc(OC(c2ccccc2F)C(C)N)c1. The summed E-state index contributed by atoms with van der Waals surface area (Å²) in [7, 11) is 0. The van der Waals surface area contributed by atoms with E-state index in [0.29, 0.717) is 5.56 Å². The lowest BCUT2D eigenvalue weighted by molar-refractivity contribution is 0.175. The number of hydrogen-bond acceptors (Lipinski definition) is 2. The number of rotatable bonds is 5. The zero-order valence-electron chi connectivity index (χ0n) is 11.8. The molecule has 20 heavy (non-hydrogen) atoms. The van der Waals surface area contributed by atoms with Crippen molar-refractivity contribution in [2.45, 2.75) is 32.4 Å². The molecule has 0 spiro atoms. The van der Waals surface area contributed by atoms with E-state index in [1.165, 1.54) is 11.6 Å². The van der Waals surface area contributed by atoms with E-state index in [1.54, 1.807) is 18.2 Å². The Morgan fingerprint density at radius 1 is 1.15 bits per heavy atom. The summed E-state index contributed by atoms with van der Waals surface area (Å²) in [5, 5.41) is 0. The fraction of sp³-hybridized carbons (Fsp3) is 0.294. The summed E-state index contributed by atoms with van der Waals surface area (Å²) < 4.78 is 19.8. The van der Waals surface area contributed by atoms with Gasteiger partial charge in [-0.3, -0.25) is 0 Å². The molecule has 2 aromatic rings. The molecule has 2 nitrogen and oxygen atoms in total. The van der Waals surface area contributed by atoms with E-state index in [2.05, 4.69) is 6.92 Å². The van der Waals surface area contributed by atoms with E-state index >= 15 is 0 Å². The topological polar surface area (TPSA) is 35.2 Å². The van der Waals surface area contributed by atoms with Crippen LogP contribution in [-0.2, 0) is 6.42 Å². The van der Waals surface area contributed by atoms with Gasteiger partial charge in [0.15, 0.2) is 0 Å². The van der Waals surface area contributed by atoms with Crippen LogP contribution in [0.3, 0.4) is 0 Å². The molecular weight excluding hydrogens is 253 g/mol. The first kappa shape index (κ1) is 14.5. The lowest BCUT2D eigenvalue weighted by Gasteiger charge is -2.23. The Hall–Kier alpha value is -1.87. The first-order valence-corrected chi connectivity index (χ1v) is 6.87. The molecule has 2 rings (SSSR count). The molecule has 0 saturated heterocycles. The van der Waals surface area contributed by atoms with Gasteiger partial charge >= 0.3 is 0 Å². The van der Waals surface area contributed by atoms with Crippen molar-refractivity contribution >= 4 is 0 Å². The Bertz CT molecular complexity index is 568. The van der Waals surface area contributed by atoms with Crippen molar-refractivity contribution in [2.24, 2.45) is 5.73 Å². The van der Waals surface area contributed by atoms with E-state index < -0.39 is 6.10 Å². The molecule has 0 bridgehead atoms. The summed E-state index contributed by atoms with van der Waals surface area (Å²) in [6.07, 6.45) is 0.433. The third-order valence-electron chi connectivity index (χ3n) is 3.26. The number of benzene rings is 2. The number of hydrogen-bond donors (Lipinski definition) is 1. The summed E-state index contributed by atoms with van der Waals surface area (Å²) in [4.78, 5) is 0. The summed E-state index contributed by atoms with van der Waals surface area (Å²) in [6, 6.07) is 14.1. The Balaban J connectivity index is 2.28. The van der Waals surface area contributed by atoms with Gasteiger partial charge in [0.2, 0.25) is 0 Å². The van der Waals surface area contributed by atoms with Gasteiger partial charge in [0.1, 0.15) is 17.7 Å². The molecule has 2 atom stereocenters. The smallest absolute Gasteiger partial charge is 0.141 e. The van der Waals surface area contributed by atoms with Crippen molar-refractivity contribution in [3.63, 3.8) is 0 Å². The van der Waals surface area contributed by atoms with Crippen LogP contribution < -0.4 is 10.5 Å². The van der Waals surface area contributed by atoms with Gasteiger partial charge in [0.25, 0.3) is 0 Å². The second kappa shape index (κ2) is 6.53. The molecule has 0 fully saturated rings. The maximum atomic E-state index is 13.9. The minimum atomic E-state index is -0.497. The lowest BCUT2D eigenvalue weighted by atomic mass is 10.0. The van der Waals surface area contributed by atoms with Gasteiger partial charge in [-0.15, -0.1) is 0 Å². The van der Waals surface area contributed by atoms with Crippen LogP contribution in [0.4, 0.5) is 4.39 Å². The number of ether oxygens (including phenoxy) is 1. The number of nitrogens with two attached hydrogens (primary N) is 1.